The molecule has 106 valence electrons. The highest BCUT2D eigenvalue weighted by Crippen LogP contribution is 2.17. The number of hydrogen-bond acceptors (Lipinski definition) is 4. The van der Waals surface area contributed by atoms with Gasteiger partial charge in [-0.1, -0.05) is 13.8 Å². The molecule has 0 aromatic carbocycles. The average molecular weight is 258 g/mol. The number of ether oxygens (including phenoxy) is 1. The van der Waals surface area contributed by atoms with Crippen LogP contribution >= 0.6 is 0 Å². The fourth-order valence-electron chi connectivity index (χ4n) is 2.03. The van der Waals surface area contributed by atoms with Gasteiger partial charge in [0.2, 0.25) is 5.91 Å². The summed E-state index contributed by atoms with van der Waals surface area (Å²) in [5.74, 6) is 0.0432. The summed E-state index contributed by atoms with van der Waals surface area (Å²) in [4.78, 5) is 11.7. The third kappa shape index (κ3) is 6.33. The Morgan fingerprint density at radius 3 is 2.67 bits per heavy atom. The summed E-state index contributed by atoms with van der Waals surface area (Å²) in [6.45, 7) is 6.88. The molecule has 0 bridgehead atoms. The van der Waals surface area contributed by atoms with Crippen LogP contribution in [0.25, 0.3) is 0 Å². The van der Waals surface area contributed by atoms with E-state index in [1.807, 2.05) is 0 Å². The molecule has 5 nitrogen and oxygen atoms in total. The Morgan fingerprint density at radius 1 is 1.39 bits per heavy atom. The summed E-state index contributed by atoms with van der Waals surface area (Å²) < 4.78 is 5.24. The molecule has 3 N–H and O–H groups in total. The van der Waals surface area contributed by atoms with E-state index >= 15 is 0 Å². The summed E-state index contributed by atoms with van der Waals surface area (Å²) in [5.41, 5.74) is 0.0215. The first kappa shape index (κ1) is 15.4. The van der Waals surface area contributed by atoms with Crippen LogP contribution in [0, 0.1) is 5.41 Å². The second kappa shape index (κ2) is 7.71. The van der Waals surface area contributed by atoms with Crippen molar-refractivity contribution in [2.75, 3.05) is 32.9 Å². The van der Waals surface area contributed by atoms with Gasteiger partial charge in [0, 0.05) is 32.4 Å². The molecular weight excluding hydrogens is 232 g/mol. The zero-order chi connectivity index (χ0) is 13.4. The number of hydrogen-bond donors (Lipinski definition) is 3. The lowest BCUT2D eigenvalue weighted by Crippen LogP contribution is -2.44. The van der Waals surface area contributed by atoms with Gasteiger partial charge in [0.05, 0.1) is 6.54 Å². The highest BCUT2D eigenvalue weighted by Gasteiger charge is 2.18. The average Bonchev–Trinajstić information content (AvgIpc) is 2.29. The van der Waals surface area contributed by atoms with Crippen LogP contribution in [-0.4, -0.2) is 50.0 Å². The molecule has 0 radical (unpaired) electrons. The lowest BCUT2D eigenvalue weighted by molar-refractivity contribution is -0.121. The molecule has 0 unspecified atom stereocenters. The quantitative estimate of drug-likeness (QED) is 0.613. The van der Waals surface area contributed by atoms with E-state index in [-0.39, 0.29) is 24.0 Å². The van der Waals surface area contributed by atoms with Crippen molar-refractivity contribution in [2.45, 2.75) is 39.2 Å². The van der Waals surface area contributed by atoms with E-state index in [0.29, 0.717) is 6.54 Å². The van der Waals surface area contributed by atoms with Crippen LogP contribution in [0.3, 0.4) is 0 Å². The fraction of sp³-hybridized carbons (Fsp3) is 0.923. The maximum atomic E-state index is 11.7. The monoisotopic (exact) mass is 258 g/mol. The minimum absolute atomic E-state index is 0.0215. The minimum Gasteiger partial charge on any atom is -0.396 e. The Kier molecular flexibility index (Phi) is 6.60. The molecule has 0 atom stereocenters. The predicted octanol–water partition coefficient (Wildman–Crippen LogP) is 0.280. The number of amides is 1. The highest BCUT2D eigenvalue weighted by atomic mass is 16.5. The van der Waals surface area contributed by atoms with E-state index in [1.54, 1.807) is 0 Å². The van der Waals surface area contributed by atoms with Crippen LogP contribution in [0.4, 0.5) is 0 Å². The summed E-state index contributed by atoms with van der Waals surface area (Å²) in [5, 5.41) is 15.1. The topological polar surface area (TPSA) is 70.6 Å². The van der Waals surface area contributed by atoms with Crippen molar-refractivity contribution >= 4 is 5.91 Å². The van der Waals surface area contributed by atoms with Gasteiger partial charge >= 0.3 is 0 Å². The van der Waals surface area contributed by atoms with E-state index < -0.39 is 0 Å². The Morgan fingerprint density at radius 2 is 2.06 bits per heavy atom. The molecule has 1 amide bonds. The van der Waals surface area contributed by atoms with Crippen LogP contribution < -0.4 is 10.6 Å². The van der Waals surface area contributed by atoms with Crippen molar-refractivity contribution < 1.29 is 14.6 Å². The highest BCUT2D eigenvalue weighted by molar-refractivity contribution is 5.78. The first-order chi connectivity index (χ1) is 8.53. The van der Waals surface area contributed by atoms with Gasteiger partial charge in [-0.15, -0.1) is 0 Å². The maximum absolute atomic E-state index is 11.7. The van der Waals surface area contributed by atoms with Crippen LogP contribution in [0.15, 0.2) is 0 Å². The van der Waals surface area contributed by atoms with Gasteiger partial charge in [0.25, 0.3) is 0 Å². The zero-order valence-electron chi connectivity index (χ0n) is 11.5. The zero-order valence-corrected chi connectivity index (χ0v) is 11.5. The molecule has 18 heavy (non-hydrogen) atoms. The lowest BCUT2D eigenvalue weighted by atomic mass is 9.90. The normalized spacial score (nSPS) is 17.7. The molecule has 0 spiro atoms. The summed E-state index contributed by atoms with van der Waals surface area (Å²) in [6.07, 6.45) is 2.55. The van der Waals surface area contributed by atoms with Crippen molar-refractivity contribution in [3.05, 3.63) is 0 Å². The molecule has 0 aliphatic carbocycles. The molecular formula is C13H26N2O3. The second-order valence-electron chi connectivity index (χ2n) is 5.70. The molecule has 0 aromatic heterocycles. The minimum atomic E-state index is 0.0215. The van der Waals surface area contributed by atoms with E-state index in [9.17, 15) is 4.79 Å². The standard InChI is InChI=1S/C13H26N2O3/c1-13(2,5-6-16)10-14-9-12(17)15-11-3-7-18-8-4-11/h11,14,16H,3-10H2,1-2H3,(H,15,17). The Labute approximate surface area is 109 Å². The largest absolute Gasteiger partial charge is 0.396 e. The number of carbonyl (C=O) groups is 1. The SMILES string of the molecule is CC(C)(CCO)CNCC(=O)NC1CCOCC1. The van der Waals surface area contributed by atoms with Crippen molar-refractivity contribution in [2.24, 2.45) is 5.41 Å². The molecule has 1 aliphatic rings. The third-order valence-electron chi connectivity index (χ3n) is 3.26. The summed E-state index contributed by atoms with van der Waals surface area (Å²) in [7, 11) is 0. The van der Waals surface area contributed by atoms with Gasteiger partial charge < -0.3 is 20.5 Å². The fourth-order valence-corrected chi connectivity index (χ4v) is 2.03. The maximum Gasteiger partial charge on any atom is 0.234 e. The molecule has 1 heterocycles. The number of aliphatic hydroxyl groups excluding tert-OH is 1. The smallest absolute Gasteiger partial charge is 0.234 e. The van der Waals surface area contributed by atoms with Gasteiger partial charge in [0.1, 0.15) is 0 Å². The first-order valence-corrected chi connectivity index (χ1v) is 6.72. The number of rotatable bonds is 7. The first-order valence-electron chi connectivity index (χ1n) is 6.72. The van der Waals surface area contributed by atoms with Crippen molar-refractivity contribution in [1.82, 2.24) is 10.6 Å². The van der Waals surface area contributed by atoms with Gasteiger partial charge in [0.15, 0.2) is 0 Å². The van der Waals surface area contributed by atoms with Gasteiger partial charge in [-0.2, -0.15) is 0 Å². The van der Waals surface area contributed by atoms with E-state index in [0.717, 1.165) is 39.0 Å². The lowest BCUT2D eigenvalue weighted by Gasteiger charge is -2.25. The van der Waals surface area contributed by atoms with E-state index in [2.05, 4.69) is 24.5 Å². The molecule has 0 aromatic rings. The molecule has 0 saturated carbocycles. The van der Waals surface area contributed by atoms with Crippen molar-refractivity contribution in [3.8, 4) is 0 Å². The predicted molar refractivity (Wildman–Crippen MR) is 70.3 cm³/mol. The number of aliphatic hydroxyl groups is 1. The Hall–Kier alpha value is -0.650. The van der Waals surface area contributed by atoms with Crippen LogP contribution in [0.1, 0.15) is 33.1 Å². The van der Waals surface area contributed by atoms with Gasteiger partial charge in [-0.25, -0.2) is 0 Å². The number of carbonyl (C=O) groups excluding carboxylic acids is 1. The van der Waals surface area contributed by atoms with Crippen molar-refractivity contribution in [1.29, 1.82) is 0 Å². The summed E-state index contributed by atoms with van der Waals surface area (Å²) >= 11 is 0. The van der Waals surface area contributed by atoms with Gasteiger partial charge in [-0.3, -0.25) is 4.79 Å². The Bertz CT molecular complexity index is 251. The third-order valence-corrected chi connectivity index (χ3v) is 3.26. The van der Waals surface area contributed by atoms with E-state index in [4.69, 9.17) is 9.84 Å². The summed E-state index contributed by atoms with van der Waals surface area (Å²) in [6, 6.07) is 0.263. The molecule has 5 heteroatoms. The Balaban J connectivity index is 2.12. The van der Waals surface area contributed by atoms with E-state index in [1.165, 1.54) is 0 Å². The molecule has 1 aliphatic heterocycles. The molecule has 1 rings (SSSR count). The van der Waals surface area contributed by atoms with Crippen molar-refractivity contribution in [3.63, 3.8) is 0 Å². The van der Waals surface area contributed by atoms with Crippen LogP contribution in [0.2, 0.25) is 0 Å². The molecule has 1 saturated heterocycles. The number of nitrogens with one attached hydrogen (secondary N) is 2. The molecule has 1 fully saturated rings. The second-order valence-corrected chi connectivity index (χ2v) is 5.70. The van der Waals surface area contributed by atoms with Gasteiger partial charge in [-0.05, 0) is 24.7 Å². The van der Waals surface area contributed by atoms with Crippen LogP contribution in [-0.2, 0) is 9.53 Å². The van der Waals surface area contributed by atoms with Crippen LogP contribution in [0.5, 0.6) is 0 Å².